The molecule has 6 heteroatoms. The maximum atomic E-state index is 11.9. The maximum Gasteiger partial charge on any atom is 0.243 e. The molecule has 102 valence electrons. The largest absolute Gasteiger partial charge is 0.378 e. The van der Waals surface area contributed by atoms with Gasteiger partial charge in [-0.3, -0.25) is 9.59 Å². The van der Waals surface area contributed by atoms with E-state index >= 15 is 0 Å². The minimum Gasteiger partial charge on any atom is -0.378 e. The van der Waals surface area contributed by atoms with Crippen LogP contribution in [0.1, 0.15) is 6.92 Å². The number of hydrogen-bond donors (Lipinski definition) is 3. The van der Waals surface area contributed by atoms with E-state index < -0.39 is 0 Å². The third kappa shape index (κ3) is 4.04. The molecule has 0 aromatic heterocycles. The number of amides is 2. The summed E-state index contributed by atoms with van der Waals surface area (Å²) in [6.07, 6.45) is 0. The summed E-state index contributed by atoms with van der Waals surface area (Å²) in [5.41, 5.74) is 1.39. The van der Waals surface area contributed by atoms with Crippen molar-refractivity contribution in [3.05, 3.63) is 24.3 Å². The van der Waals surface area contributed by atoms with Crippen molar-refractivity contribution < 1.29 is 14.3 Å². The average molecular weight is 263 g/mol. The molecule has 3 N–H and O–H groups in total. The molecule has 1 saturated heterocycles. The predicted octanol–water partition coefficient (Wildman–Crippen LogP) is 0.572. The first-order valence-electron chi connectivity index (χ1n) is 6.15. The van der Waals surface area contributed by atoms with E-state index in [1.807, 2.05) is 0 Å². The van der Waals surface area contributed by atoms with E-state index in [0.717, 1.165) is 0 Å². The second-order valence-corrected chi connectivity index (χ2v) is 4.33. The second-order valence-electron chi connectivity index (χ2n) is 4.33. The molecule has 19 heavy (non-hydrogen) atoms. The van der Waals surface area contributed by atoms with Crippen molar-refractivity contribution in [2.75, 3.05) is 30.4 Å². The zero-order chi connectivity index (χ0) is 13.7. The van der Waals surface area contributed by atoms with Gasteiger partial charge in [0.2, 0.25) is 11.8 Å². The Morgan fingerprint density at radius 3 is 2.37 bits per heavy atom. The molecule has 1 heterocycles. The Bertz CT molecular complexity index is 453. The molecule has 1 fully saturated rings. The van der Waals surface area contributed by atoms with Gasteiger partial charge in [-0.15, -0.1) is 0 Å². The Hall–Kier alpha value is -1.92. The fraction of sp³-hybridized carbons (Fsp3) is 0.385. The number of anilines is 2. The molecule has 1 unspecified atom stereocenters. The maximum absolute atomic E-state index is 11.9. The van der Waals surface area contributed by atoms with Crippen LogP contribution in [-0.2, 0) is 14.3 Å². The Labute approximate surface area is 111 Å². The van der Waals surface area contributed by atoms with Crippen LogP contribution in [-0.4, -0.2) is 37.6 Å². The molecule has 1 aliphatic rings. The molecule has 1 aromatic rings. The summed E-state index contributed by atoms with van der Waals surface area (Å²) < 4.78 is 5.23. The molecular formula is C13H17N3O3. The molecule has 6 nitrogen and oxygen atoms in total. The lowest BCUT2D eigenvalue weighted by atomic mass is 10.2. The number of nitrogens with one attached hydrogen (secondary N) is 3. The molecule has 1 atom stereocenters. The molecule has 1 aliphatic heterocycles. The second kappa shape index (κ2) is 6.31. The number of carbonyl (C=O) groups excluding carboxylic acids is 2. The van der Waals surface area contributed by atoms with E-state index in [9.17, 15) is 9.59 Å². The van der Waals surface area contributed by atoms with Gasteiger partial charge in [-0.25, -0.2) is 0 Å². The summed E-state index contributed by atoms with van der Waals surface area (Å²) in [4.78, 5) is 22.8. The molecule has 0 aliphatic carbocycles. The first-order chi connectivity index (χ1) is 9.15. The van der Waals surface area contributed by atoms with E-state index in [1.165, 1.54) is 6.92 Å². The molecular weight excluding hydrogens is 246 g/mol. The fourth-order valence-electron chi connectivity index (χ4n) is 1.80. The summed E-state index contributed by atoms with van der Waals surface area (Å²) in [6.45, 7) is 3.15. The minimum absolute atomic E-state index is 0.119. The summed E-state index contributed by atoms with van der Waals surface area (Å²) in [5, 5.41) is 8.55. The number of ether oxygens (including phenoxy) is 1. The number of rotatable bonds is 3. The lowest BCUT2D eigenvalue weighted by Gasteiger charge is -2.22. The van der Waals surface area contributed by atoms with Gasteiger partial charge in [-0.05, 0) is 24.3 Å². The van der Waals surface area contributed by atoms with Gasteiger partial charge in [0.05, 0.1) is 13.2 Å². The smallest absolute Gasteiger partial charge is 0.243 e. The highest BCUT2D eigenvalue weighted by Crippen LogP contribution is 2.13. The van der Waals surface area contributed by atoms with Gasteiger partial charge in [0.1, 0.15) is 6.04 Å². The van der Waals surface area contributed by atoms with Crippen LogP contribution in [0.5, 0.6) is 0 Å². The van der Waals surface area contributed by atoms with Crippen LogP contribution in [0.15, 0.2) is 24.3 Å². The first-order valence-corrected chi connectivity index (χ1v) is 6.15. The third-order valence-electron chi connectivity index (χ3n) is 2.71. The van der Waals surface area contributed by atoms with Crippen molar-refractivity contribution >= 4 is 23.2 Å². The number of morpholine rings is 1. The van der Waals surface area contributed by atoms with Gasteiger partial charge in [0.15, 0.2) is 0 Å². The van der Waals surface area contributed by atoms with Crippen molar-refractivity contribution in [3.8, 4) is 0 Å². The van der Waals surface area contributed by atoms with E-state index in [1.54, 1.807) is 24.3 Å². The quantitative estimate of drug-likeness (QED) is 0.745. The van der Waals surface area contributed by atoms with Crippen molar-refractivity contribution in [2.45, 2.75) is 13.0 Å². The number of hydrogen-bond acceptors (Lipinski definition) is 4. The number of benzene rings is 1. The van der Waals surface area contributed by atoms with Gasteiger partial charge in [-0.1, -0.05) is 0 Å². The van der Waals surface area contributed by atoms with Gasteiger partial charge < -0.3 is 20.7 Å². The molecule has 2 amide bonds. The van der Waals surface area contributed by atoms with Crippen molar-refractivity contribution in [1.29, 1.82) is 0 Å². The SMILES string of the molecule is CC(=O)Nc1ccc(NC(=O)C2COCCN2)cc1. The summed E-state index contributed by atoms with van der Waals surface area (Å²) in [6, 6.07) is 6.65. The Kier molecular flexibility index (Phi) is 4.48. The molecule has 0 saturated carbocycles. The van der Waals surface area contributed by atoms with E-state index in [0.29, 0.717) is 31.1 Å². The monoisotopic (exact) mass is 263 g/mol. The Morgan fingerprint density at radius 2 is 1.84 bits per heavy atom. The van der Waals surface area contributed by atoms with Crippen LogP contribution in [0.25, 0.3) is 0 Å². The summed E-state index contributed by atoms with van der Waals surface area (Å²) in [7, 11) is 0. The van der Waals surface area contributed by atoms with Gasteiger partial charge >= 0.3 is 0 Å². The molecule has 2 rings (SSSR count). The summed E-state index contributed by atoms with van der Waals surface area (Å²) in [5.74, 6) is -0.243. The van der Waals surface area contributed by atoms with E-state index in [2.05, 4.69) is 16.0 Å². The van der Waals surface area contributed by atoms with Crippen LogP contribution in [0.4, 0.5) is 11.4 Å². The topological polar surface area (TPSA) is 79.5 Å². The average Bonchev–Trinajstić information content (AvgIpc) is 2.41. The molecule has 0 spiro atoms. The fourth-order valence-corrected chi connectivity index (χ4v) is 1.80. The zero-order valence-electron chi connectivity index (χ0n) is 10.7. The van der Waals surface area contributed by atoms with E-state index in [-0.39, 0.29) is 17.9 Å². The van der Waals surface area contributed by atoms with Crippen molar-refractivity contribution in [2.24, 2.45) is 0 Å². The first kappa shape index (κ1) is 13.5. The lowest BCUT2D eigenvalue weighted by Crippen LogP contribution is -2.48. The highest BCUT2D eigenvalue weighted by Gasteiger charge is 2.20. The lowest BCUT2D eigenvalue weighted by molar-refractivity contribution is -0.120. The van der Waals surface area contributed by atoms with Crippen molar-refractivity contribution in [1.82, 2.24) is 5.32 Å². The standard InChI is InChI=1S/C13H17N3O3/c1-9(17)15-10-2-4-11(5-3-10)16-13(18)12-8-19-7-6-14-12/h2-5,12,14H,6-8H2,1H3,(H,15,17)(H,16,18). The van der Waals surface area contributed by atoms with Gasteiger partial charge in [-0.2, -0.15) is 0 Å². The van der Waals surface area contributed by atoms with Crippen LogP contribution >= 0.6 is 0 Å². The number of carbonyl (C=O) groups is 2. The van der Waals surface area contributed by atoms with E-state index in [4.69, 9.17) is 4.74 Å². The van der Waals surface area contributed by atoms with Crippen molar-refractivity contribution in [3.63, 3.8) is 0 Å². The highest BCUT2D eigenvalue weighted by atomic mass is 16.5. The third-order valence-corrected chi connectivity index (χ3v) is 2.71. The van der Waals surface area contributed by atoms with Gasteiger partial charge in [0.25, 0.3) is 0 Å². The van der Waals surface area contributed by atoms with Gasteiger partial charge in [0, 0.05) is 24.8 Å². The van der Waals surface area contributed by atoms with Crippen LogP contribution in [0.3, 0.4) is 0 Å². The van der Waals surface area contributed by atoms with Crippen LogP contribution in [0, 0.1) is 0 Å². The normalized spacial score (nSPS) is 18.7. The van der Waals surface area contributed by atoms with Crippen LogP contribution < -0.4 is 16.0 Å². The minimum atomic E-state index is -0.316. The van der Waals surface area contributed by atoms with Crippen LogP contribution in [0.2, 0.25) is 0 Å². The predicted molar refractivity (Wildman–Crippen MR) is 72.0 cm³/mol. The molecule has 0 radical (unpaired) electrons. The Morgan fingerprint density at radius 1 is 1.21 bits per heavy atom. The summed E-state index contributed by atoms with van der Waals surface area (Å²) >= 11 is 0. The highest BCUT2D eigenvalue weighted by molar-refractivity contribution is 5.95. The molecule has 0 bridgehead atoms. The Balaban J connectivity index is 1.91. The molecule has 1 aromatic carbocycles. The zero-order valence-corrected chi connectivity index (χ0v) is 10.7.